The summed E-state index contributed by atoms with van der Waals surface area (Å²) in [4.78, 5) is 14.5. The molecular weight excluding hydrogens is 256 g/mol. The van der Waals surface area contributed by atoms with Gasteiger partial charge in [0.15, 0.2) is 5.69 Å². The van der Waals surface area contributed by atoms with Crippen LogP contribution in [0.1, 0.15) is 29.8 Å². The molecule has 0 saturated carbocycles. The molecule has 2 fully saturated rings. The van der Waals surface area contributed by atoms with Gasteiger partial charge in [0.05, 0.1) is 12.7 Å². The number of carbonyl (C=O) groups excluding carboxylic acids is 1. The minimum absolute atomic E-state index is 0.000698. The fraction of sp³-hybridized carbons (Fsp3) is 0.769. The number of piperidine rings is 1. The number of aromatic nitrogens is 3. The number of rotatable bonds is 3. The molecule has 2 aliphatic rings. The second-order valence-electron chi connectivity index (χ2n) is 5.91. The largest absolute Gasteiger partial charge is 0.337 e. The van der Waals surface area contributed by atoms with Crippen molar-refractivity contribution < 1.29 is 4.79 Å². The normalized spacial score (nSPS) is 26.4. The van der Waals surface area contributed by atoms with Gasteiger partial charge in [-0.05, 0) is 25.8 Å². The summed E-state index contributed by atoms with van der Waals surface area (Å²) in [5.74, 6) is -0.000698. The van der Waals surface area contributed by atoms with E-state index in [-0.39, 0.29) is 11.3 Å². The standard InChI is InChI=1S/C13H22N6O/c14-4-7-19-8-11(16-17-19)12(20)18-6-1-2-13(10-18)3-5-15-9-13/h8,15H,1-7,9-10,14H2. The first-order valence-corrected chi connectivity index (χ1v) is 7.33. The van der Waals surface area contributed by atoms with Crippen LogP contribution in [0.5, 0.6) is 0 Å². The maximum Gasteiger partial charge on any atom is 0.276 e. The summed E-state index contributed by atoms with van der Waals surface area (Å²) in [6.07, 6.45) is 5.15. The lowest BCUT2D eigenvalue weighted by molar-refractivity contribution is 0.0547. The Morgan fingerprint density at radius 3 is 3.15 bits per heavy atom. The Balaban J connectivity index is 1.69. The molecule has 7 nitrogen and oxygen atoms in total. The molecule has 1 aromatic heterocycles. The minimum atomic E-state index is -0.000698. The summed E-state index contributed by atoms with van der Waals surface area (Å²) < 4.78 is 1.63. The van der Waals surface area contributed by atoms with Crippen molar-refractivity contribution in [2.75, 3.05) is 32.7 Å². The summed E-state index contributed by atoms with van der Waals surface area (Å²) in [5.41, 5.74) is 6.19. The zero-order valence-corrected chi connectivity index (χ0v) is 11.7. The summed E-state index contributed by atoms with van der Waals surface area (Å²) in [7, 11) is 0. The van der Waals surface area contributed by atoms with Crippen LogP contribution in [0.25, 0.3) is 0 Å². The van der Waals surface area contributed by atoms with Gasteiger partial charge >= 0.3 is 0 Å². The molecule has 7 heteroatoms. The molecule has 0 aromatic carbocycles. The summed E-state index contributed by atoms with van der Waals surface area (Å²) in [5, 5.41) is 11.3. The van der Waals surface area contributed by atoms with Crippen molar-refractivity contribution in [3.8, 4) is 0 Å². The van der Waals surface area contributed by atoms with Crippen molar-refractivity contribution in [3.05, 3.63) is 11.9 Å². The van der Waals surface area contributed by atoms with E-state index >= 15 is 0 Å². The Morgan fingerprint density at radius 2 is 2.40 bits per heavy atom. The monoisotopic (exact) mass is 278 g/mol. The lowest BCUT2D eigenvalue weighted by atomic mass is 9.79. The van der Waals surface area contributed by atoms with Crippen molar-refractivity contribution in [3.63, 3.8) is 0 Å². The second-order valence-corrected chi connectivity index (χ2v) is 5.91. The summed E-state index contributed by atoms with van der Waals surface area (Å²) in [6, 6.07) is 0. The van der Waals surface area contributed by atoms with E-state index in [1.165, 1.54) is 6.42 Å². The van der Waals surface area contributed by atoms with Crippen LogP contribution >= 0.6 is 0 Å². The number of nitrogens with two attached hydrogens (primary N) is 1. The van der Waals surface area contributed by atoms with Gasteiger partial charge in [-0.3, -0.25) is 9.48 Å². The Bertz CT molecular complexity index is 479. The van der Waals surface area contributed by atoms with Gasteiger partial charge in [-0.15, -0.1) is 5.10 Å². The van der Waals surface area contributed by atoms with Crippen LogP contribution in [0, 0.1) is 5.41 Å². The van der Waals surface area contributed by atoms with Crippen LogP contribution < -0.4 is 11.1 Å². The average molecular weight is 278 g/mol. The van der Waals surface area contributed by atoms with Crippen LogP contribution in [0.15, 0.2) is 6.20 Å². The molecular formula is C13H22N6O. The Kier molecular flexibility index (Phi) is 3.71. The first-order valence-electron chi connectivity index (χ1n) is 7.33. The predicted octanol–water partition coefficient (Wildman–Crippen LogP) is -0.547. The highest BCUT2D eigenvalue weighted by Gasteiger charge is 2.39. The maximum absolute atomic E-state index is 12.5. The van der Waals surface area contributed by atoms with Crippen LogP contribution in [0.4, 0.5) is 0 Å². The fourth-order valence-corrected chi connectivity index (χ4v) is 3.33. The van der Waals surface area contributed by atoms with Crippen molar-refractivity contribution in [2.24, 2.45) is 11.1 Å². The van der Waals surface area contributed by atoms with Crippen LogP contribution in [-0.4, -0.2) is 58.5 Å². The highest BCUT2D eigenvalue weighted by Crippen LogP contribution is 2.35. The molecule has 1 spiro atoms. The lowest BCUT2D eigenvalue weighted by Crippen LogP contribution is -2.47. The van der Waals surface area contributed by atoms with Gasteiger partial charge in [-0.1, -0.05) is 5.21 Å². The molecule has 0 aliphatic carbocycles. The number of carbonyl (C=O) groups is 1. The molecule has 110 valence electrons. The number of amides is 1. The molecule has 20 heavy (non-hydrogen) atoms. The number of likely N-dealkylation sites (tertiary alicyclic amines) is 1. The van der Waals surface area contributed by atoms with Gasteiger partial charge in [-0.2, -0.15) is 0 Å². The molecule has 1 unspecified atom stereocenters. The van der Waals surface area contributed by atoms with E-state index in [4.69, 9.17) is 5.73 Å². The van der Waals surface area contributed by atoms with Crippen molar-refractivity contribution in [1.82, 2.24) is 25.2 Å². The highest BCUT2D eigenvalue weighted by atomic mass is 16.2. The third-order valence-corrected chi connectivity index (χ3v) is 4.40. The van der Waals surface area contributed by atoms with Crippen LogP contribution in [0.2, 0.25) is 0 Å². The van der Waals surface area contributed by atoms with E-state index in [9.17, 15) is 4.79 Å². The van der Waals surface area contributed by atoms with E-state index in [1.54, 1.807) is 10.9 Å². The Hall–Kier alpha value is -1.47. The fourth-order valence-electron chi connectivity index (χ4n) is 3.33. The van der Waals surface area contributed by atoms with E-state index in [0.29, 0.717) is 18.8 Å². The zero-order valence-electron chi connectivity index (χ0n) is 11.7. The predicted molar refractivity (Wildman–Crippen MR) is 74.1 cm³/mol. The molecule has 1 aromatic rings. The van der Waals surface area contributed by atoms with Gasteiger partial charge in [-0.25, -0.2) is 0 Å². The summed E-state index contributed by atoms with van der Waals surface area (Å²) in [6.45, 7) is 4.84. The second kappa shape index (κ2) is 5.49. The molecule has 2 saturated heterocycles. The van der Waals surface area contributed by atoms with Gasteiger partial charge in [0.1, 0.15) is 0 Å². The topological polar surface area (TPSA) is 89.1 Å². The lowest BCUT2D eigenvalue weighted by Gasteiger charge is -2.39. The zero-order chi connectivity index (χ0) is 14.0. The Morgan fingerprint density at radius 1 is 1.50 bits per heavy atom. The molecule has 0 bridgehead atoms. The average Bonchev–Trinajstić information content (AvgIpc) is 3.09. The maximum atomic E-state index is 12.5. The van der Waals surface area contributed by atoms with Crippen molar-refractivity contribution in [2.45, 2.75) is 25.8 Å². The number of hydrogen-bond acceptors (Lipinski definition) is 5. The highest BCUT2D eigenvalue weighted by molar-refractivity contribution is 5.92. The minimum Gasteiger partial charge on any atom is -0.337 e. The first kappa shape index (κ1) is 13.5. The summed E-state index contributed by atoms with van der Waals surface area (Å²) >= 11 is 0. The first-order chi connectivity index (χ1) is 9.72. The van der Waals surface area contributed by atoms with E-state index in [0.717, 1.165) is 39.0 Å². The number of hydrogen-bond donors (Lipinski definition) is 2. The molecule has 2 aliphatic heterocycles. The Labute approximate surface area is 118 Å². The van der Waals surface area contributed by atoms with E-state index < -0.39 is 0 Å². The van der Waals surface area contributed by atoms with Crippen molar-refractivity contribution >= 4 is 5.91 Å². The molecule has 1 atom stereocenters. The number of nitrogens with one attached hydrogen (secondary N) is 1. The van der Waals surface area contributed by atoms with E-state index in [1.807, 2.05) is 4.90 Å². The van der Waals surface area contributed by atoms with Gasteiger partial charge in [0.25, 0.3) is 5.91 Å². The number of nitrogens with zero attached hydrogens (tertiary/aromatic N) is 4. The third-order valence-electron chi connectivity index (χ3n) is 4.40. The molecule has 3 rings (SSSR count). The van der Waals surface area contributed by atoms with Gasteiger partial charge < -0.3 is 16.0 Å². The van der Waals surface area contributed by atoms with Gasteiger partial charge in [0.2, 0.25) is 0 Å². The van der Waals surface area contributed by atoms with Crippen LogP contribution in [-0.2, 0) is 6.54 Å². The molecule has 3 N–H and O–H groups in total. The molecule has 1 amide bonds. The molecule has 0 radical (unpaired) electrons. The molecule has 3 heterocycles. The van der Waals surface area contributed by atoms with Crippen molar-refractivity contribution in [1.29, 1.82) is 0 Å². The van der Waals surface area contributed by atoms with Gasteiger partial charge in [0, 0.05) is 31.6 Å². The smallest absolute Gasteiger partial charge is 0.276 e. The van der Waals surface area contributed by atoms with E-state index in [2.05, 4.69) is 15.6 Å². The third kappa shape index (κ3) is 2.55. The SMILES string of the molecule is NCCn1cc(C(=O)N2CCCC3(CCNC3)C2)nn1. The van der Waals surface area contributed by atoms with Crippen LogP contribution in [0.3, 0.4) is 0 Å². The quantitative estimate of drug-likeness (QED) is 0.774.